The van der Waals surface area contributed by atoms with Crippen molar-refractivity contribution in [1.82, 2.24) is 5.43 Å². The van der Waals surface area contributed by atoms with Crippen LogP contribution in [0.15, 0.2) is 17.2 Å². The highest BCUT2D eigenvalue weighted by atomic mass is 16.5. The van der Waals surface area contributed by atoms with E-state index in [0.717, 1.165) is 18.4 Å². The normalized spacial score (nSPS) is 11.1. The summed E-state index contributed by atoms with van der Waals surface area (Å²) in [6, 6.07) is 3.57. The molecule has 194 valence electrons. The van der Waals surface area contributed by atoms with Crippen molar-refractivity contribution >= 4 is 12.1 Å². The number of rotatable bonds is 21. The van der Waals surface area contributed by atoms with Gasteiger partial charge in [-0.15, -0.1) is 0 Å². The van der Waals surface area contributed by atoms with Gasteiger partial charge in [-0.2, -0.15) is 5.10 Å². The second-order valence-corrected chi connectivity index (χ2v) is 8.95. The summed E-state index contributed by atoms with van der Waals surface area (Å²) >= 11 is 0. The number of nitrogens with one attached hydrogen (secondary N) is 1. The van der Waals surface area contributed by atoms with E-state index < -0.39 is 0 Å². The van der Waals surface area contributed by atoms with Gasteiger partial charge in [-0.3, -0.25) is 4.79 Å². The fraction of sp³-hybridized carbons (Fsp3) is 0.714. The van der Waals surface area contributed by atoms with Crippen LogP contribution in [-0.4, -0.2) is 33.5 Å². The minimum absolute atomic E-state index is 0.0571. The predicted octanol–water partition coefficient (Wildman–Crippen LogP) is 7.42. The molecule has 0 aromatic heterocycles. The molecule has 0 unspecified atom stereocenters. The van der Waals surface area contributed by atoms with Crippen LogP contribution in [0, 0.1) is 0 Å². The van der Waals surface area contributed by atoms with Crippen LogP contribution >= 0.6 is 0 Å². The van der Waals surface area contributed by atoms with Crippen molar-refractivity contribution in [3.8, 4) is 17.2 Å². The molecule has 1 N–H and O–H groups in total. The van der Waals surface area contributed by atoms with Crippen LogP contribution in [0.2, 0.25) is 0 Å². The van der Waals surface area contributed by atoms with E-state index in [4.69, 9.17) is 14.2 Å². The zero-order chi connectivity index (χ0) is 24.9. The monoisotopic (exact) mass is 476 g/mol. The third-order valence-electron chi connectivity index (χ3n) is 6.10. The van der Waals surface area contributed by atoms with Gasteiger partial charge in [0.15, 0.2) is 11.5 Å². The topological polar surface area (TPSA) is 69.2 Å². The highest BCUT2D eigenvalue weighted by Gasteiger charge is 2.12. The molecular formula is C28H48N2O4. The maximum atomic E-state index is 12.0. The molecule has 0 spiro atoms. The summed E-state index contributed by atoms with van der Waals surface area (Å²) in [5.41, 5.74) is 3.35. The summed E-state index contributed by atoms with van der Waals surface area (Å²) in [5, 5.41) is 4.06. The molecular weight excluding hydrogens is 428 g/mol. The lowest BCUT2D eigenvalue weighted by molar-refractivity contribution is -0.121. The van der Waals surface area contributed by atoms with Gasteiger partial charge in [-0.25, -0.2) is 5.43 Å². The standard InChI is InChI=1S/C28H48N2O4/c1-5-6-7-8-9-10-11-12-13-14-15-16-17-18-19-20-27(31)30-29-23-24-21-25(32-2)28(34-4)26(22-24)33-3/h21-23H,5-20H2,1-4H3,(H,30,31)/b29-23+. The van der Waals surface area contributed by atoms with Gasteiger partial charge in [0.25, 0.3) is 0 Å². The maximum Gasteiger partial charge on any atom is 0.240 e. The molecule has 1 amide bonds. The third-order valence-corrected chi connectivity index (χ3v) is 6.10. The number of carbonyl (C=O) groups excluding carboxylic acids is 1. The van der Waals surface area contributed by atoms with Crippen LogP contribution in [0.3, 0.4) is 0 Å². The zero-order valence-electron chi connectivity index (χ0n) is 22.1. The van der Waals surface area contributed by atoms with E-state index in [1.165, 1.54) is 83.5 Å². The Kier molecular flexibility index (Phi) is 17.7. The molecule has 1 rings (SSSR count). The molecule has 34 heavy (non-hydrogen) atoms. The Bertz CT molecular complexity index is 666. The van der Waals surface area contributed by atoms with Gasteiger partial charge in [0, 0.05) is 12.0 Å². The molecule has 0 saturated heterocycles. The van der Waals surface area contributed by atoms with E-state index in [-0.39, 0.29) is 5.91 Å². The number of hydrogen-bond acceptors (Lipinski definition) is 5. The number of unbranched alkanes of at least 4 members (excludes halogenated alkanes) is 14. The van der Waals surface area contributed by atoms with E-state index >= 15 is 0 Å². The zero-order valence-corrected chi connectivity index (χ0v) is 22.1. The fourth-order valence-electron chi connectivity index (χ4n) is 4.07. The van der Waals surface area contributed by atoms with Crippen molar-refractivity contribution in [3.05, 3.63) is 17.7 Å². The van der Waals surface area contributed by atoms with Gasteiger partial charge in [-0.05, 0) is 18.6 Å². The fourth-order valence-corrected chi connectivity index (χ4v) is 4.07. The van der Waals surface area contributed by atoms with E-state index in [1.807, 2.05) is 0 Å². The number of carbonyl (C=O) groups is 1. The van der Waals surface area contributed by atoms with Crippen molar-refractivity contribution in [2.45, 2.75) is 110 Å². The number of ether oxygens (including phenoxy) is 3. The average molecular weight is 477 g/mol. The molecule has 6 heteroatoms. The lowest BCUT2D eigenvalue weighted by atomic mass is 10.0. The molecule has 0 aliphatic carbocycles. The minimum Gasteiger partial charge on any atom is -0.493 e. The molecule has 0 radical (unpaired) electrons. The number of methoxy groups -OCH3 is 3. The summed E-state index contributed by atoms with van der Waals surface area (Å²) in [6.07, 6.45) is 21.8. The average Bonchev–Trinajstić information content (AvgIpc) is 2.85. The Morgan fingerprint density at radius 3 is 1.59 bits per heavy atom. The van der Waals surface area contributed by atoms with Crippen molar-refractivity contribution in [2.24, 2.45) is 5.10 Å². The number of hydrazone groups is 1. The minimum atomic E-state index is -0.0571. The van der Waals surface area contributed by atoms with Crippen LogP contribution in [0.4, 0.5) is 0 Å². The predicted molar refractivity (Wildman–Crippen MR) is 141 cm³/mol. The van der Waals surface area contributed by atoms with Crippen LogP contribution in [0.1, 0.15) is 115 Å². The second-order valence-electron chi connectivity index (χ2n) is 8.95. The summed E-state index contributed by atoms with van der Waals surface area (Å²) in [6.45, 7) is 2.27. The first kappa shape index (κ1) is 29.8. The van der Waals surface area contributed by atoms with Crippen LogP contribution in [0.25, 0.3) is 0 Å². The summed E-state index contributed by atoms with van der Waals surface area (Å²) < 4.78 is 16.0. The molecule has 0 aliphatic rings. The van der Waals surface area contributed by atoms with Gasteiger partial charge in [-0.1, -0.05) is 96.8 Å². The Hall–Kier alpha value is -2.24. The van der Waals surface area contributed by atoms with E-state index in [2.05, 4.69) is 17.5 Å². The van der Waals surface area contributed by atoms with Crippen molar-refractivity contribution < 1.29 is 19.0 Å². The quantitative estimate of drug-likeness (QED) is 0.114. The first-order chi connectivity index (χ1) is 16.7. The maximum absolute atomic E-state index is 12.0. The molecule has 0 bridgehead atoms. The summed E-state index contributed by atoms with van der Waals surface area (Å²) in [7, 11) is 4.70. The van der Waals surface area contributed by atoms with Gasteiger partial charge in [0.05, 0.1) is 27.5 Å². The van der Waals surface area contributed by atoms with E-state index in [0.29, 0.717) is 23.7 Å². The van der Waals surface area contributed by atoms with Crippen molar-refractivity contribution in [1.29, 1.82) is 0 Å². The lowest BCUT2D eigenvalue weighted by Gasteiger charge is -2.12. The summed E-state index contributed by atoms with van der Waals surface area (Å²) in [5.74, 6) is 1.57. The molecule has 0 saturated carbocycles. The lowest BCUT2D eigenvalue weighted by Crippen LogP contribution is -2.16. The molecule has 1 aromatic carbocycles. The van der Waals surface area contributed by atoms with Crippen molar-refractivity contribution in [2.75, 3.05) is 21.3 Å². The SMILES string of the molecule is CCCCCCCCCCCCCCCCCC(=O)N/N=C/c1cc(OC)c(OC)c(OC)c1. The highest BCUT2D eigenvalue weighted by Crippen LogP contribution is 2.37. The first-order valence-electron chi connectivity index (χ1n) is 13.3. The van der Waals surface area contributed by atoms with Crippen LogP contribution in [-0.2, 0) is 4.79 Å². The molecule has 6 nitrogen and oxygen atoms in total. The smallest absolute Gasteiger partial charge is 0.240 e. The Morgan fingerprint density at radius 2 is 1.18 bits per heavy atom. The number of benzene rings is 1. The Labute approximate surface area is 207 Å². The van der Waals surface area contributed by atoms with Crippen LogP contribution in [0.5, 0.6) is 17.2 Å². The van der Waals surface area contributed by atoms with Crippen LogP contribution < -0.4 is 19.6 Å². The first-order valence-corrected chi connectivity index (χ1v) is 13.3. The third kappa shape index (κ3) is 13.5. The van der Waals surface area contributed by atoms with E-state index in [1.54, 1.807) is 39.7 Å². The van der Waals surface area contributed by atoms with E-state index in [9.17, 15) is 4.79 Å². The van der Waals surface area contributed by atoms with Gasteiger partial charge in [0.2, 0.25) is 11.7 Å². The molecule has 0 heterocycles. The molecule has 0 fully saturated rings. The molecule has 0 atom stereocenters. The summed E-state index contributed by atoms with van der Waals surface area (Å²) in [4.78, 5) is 12.0. The number of hydrogen-bond donors (Lipinski definition) is 1. The number of nitrogens with zero attached hydrogens (tertiary/aromatic N) is 1. The van der Waals surface area contributed by atoms with Gasteiger partial charge >= 0.3 is 0 Å². The molecule has 0 aliphatic heterocycles. The van der Waals surface area contributed by atoms with Gasteiger partial charge in [0.1, 0.15) is 0 Å². The van der Waals surface area contributed by atoms with Gasteiger partial charge < -0.3 is 14.2 Å². The second kappa shape index (κ2) is 20.2. The molecule has 1 aromatic rings. The Morgan fingerprint density at radius 1 is 0.735 bits per heavy atom. The van der Waals surface area contributed by atoms with Crippen molar-refractivity contribution in [3.63, 3.8) is 0 Å². The highest BCUT2D eigenvalue weighted by molar-refractivity contribution is 5.84. The Balaban J connectivity index is 2.06. The largest absolute Gasteiger partial charge is 0.493 e. The number of amides is 1.